The van der Waals surface area contributed by atoms with E-state index >= 15 is 0 Å². The van der Waals surface area contributed by atoms with Crippen LogP contribution in [0.25, 0.3) is 0 Å². The van der Waals surface area contributed by atoms with Gasteiger partial charge in [-0.2, -0.15) is 0 Å². The number of rotatable bonds is 5. The molecule has 11 heavy (non-hydrogen) atoms. The lowest BCUT2D eigenvalue weighted by Crippen LogP contribution is -2.30. The van der Waals surface area contributed by atoms with Crippen LogP contribution in [0.4, 0.5) is 0 Å². The van der Waals surface area contributed by atoms with Gasteiger partial charge in [-0.1, -0.05) is 13.8 Å². The Bertz CT molecular complexity index is 111. The molecule has 0 aliphatic carbocycles. The molecular formula is C8H18N2O. The minimum absolute atomic E-state index is 0.371. The van der Waals surface area contributed by atoms with E-state index in [-0.39, 0.29) is 0 Å². The van der Waals surface area contributed by atoms with Crippen LogP contribution in [0, 0.1) is 5.41 Å². The predicted octanol–water partition coefficient (Wildman–Crippen LogP) is 1.34. The van der Waals surface area contributed by atoms with Crippen LogP contribution in [0.5, 0.6) is 0 Å². The maximum absolute atomic E-state index is 7.36. The molecule has 0 rings (SSSR count). The van der Waals surface area contributed by atoms with Crippen molar-refractivity contribution in [2.45, 2.75) is 20.8 Å². The van der Waals surface area contributed by atoms with Gasteiger partial charge in [-0.25, -0.2) is 0 Å². The number of nitrogens with zero attached hydrogens (tertiary/aromatic N) is 1. The zero-order valence-electron chi connectivity index (χ0n) is 7.68. The Morgan fingerprint density at radius 2 is 1.82 bits per heavy atom. The second-order valence-corrected chi connectivity index (χ2v) is 2.32. The first-order valence-electron chi connectivity index (χ1n) is 4.17. The maximum Gasteiger partial charge on any atom is 0.194 e. The van der Waals surface area contributed by atoms with Gasteiger partial charge < -0.3 is 4.74 Å². The fourth-order valence-corrected chi connectivity index (χ4v) is 0.870. The van der Waals surface area contributed by atoms with Crippen LogP contribution in [-0.2, 0) is 4.74 Å². The highest BCUT2D eigenvalue weighted by molar-refractivity contribution is 5.74. The molecule has 0 aromatic carbocycles. The summed E-state index contributed by atoms with van der Waals surface area (Å²) in [6, 6.07) is 0. The second kappa shape index (κ2) is 6.16. The number of likely N-dealkylation sites (N-methyl/N-ethyl adjacent to an activating group) is 1. The summed E-state index contributed by atoms with van der Waals surface area (Å²) in [5, 5.41) is 7.36. The second-order valence-electron chi connectivity index (χ2n) is 2.32. The molecule has 3 heteroatoms. The zero-order valence-corrected chi connectivity index (χ0v) is 7.68. The summed E-state index contributed by atoms with van der Waals surface area (Å²) in [4.78, 5) is 2.15. The quantitative estimate of drug-likeness (QED) is 0.484. The Morgan fingerprint density at radius 1 is 1.27 bits per heavy atom. The van der Waals surface area contributed by atoms with Crippen LogP contribution in [-0.4, -0.2) is 37.0 Å². The van der Waals surface area contributed by atoms with E-state index in [1.807, 2.05) is 6.92 Å². The van der Waals surface area contributed by atoms with Gasteiger partial charge in [-0.3, -0.25) is 10.3 Å². The lowest BCUT2D eigenvalue weighted by molar-refractivity contribution is 0.272. The molecule has 0 saturated heterocycles. The molecule has 0 aliphatic heterocycles. The van der Waals surface area contributed by atoms with Gasteiger partial charge in [-0.05, 0) is 20.0 Å². The van der Waals surface area contributed by atoms with Crippen molar-refractivity contribution in [3.63, 3.8) is 0 Å². The molecule has 0 aromatic heterocycles. The Kier molecular flexibility index (Phi) is 5.84. The van der Waals surface area contributed by atoms with E-state index in [0.29, 0.717) is 19.0 Å². The van der Waals surface area contributed by atoms with Crippen molar-refractivity contribution in [1.82, 2.24) is 4.90 Å². The molecule has 0 saturated carbocycles. The fourth-order valence-electron chi connectivity index (χ4n) is 0.870. The lowest BCUT2D eigenvalue weighted by atomic mass is 10.5. The van der Waals surface area contributed by atoms with Gasteiger partial charge in [0.1, 0.15) is 0 Å². The summed E-state index contributed by atoms with van der Waals surface area (Å²) in [7, 11) is 0. The first kappa shape index (κ1) is 10.4. The van der Waals surface area contributed by atoms with E-state index < -0.39 is 0 Å². The van der Waals surface area contributed by atoms with Gasteiger partial charge in [-0.15, -0.1) is 0 Å². The summed E-state index contributed by atoms with van der Waals surface area (Å²) in [6.07, 6.45) is 0. The number of ether oxygens (including phenoxy) is 1. The van der Waals surface area contributed by atoms with Crippen LogP contribution in [0.3, 0.4) is 0 Å². The van der Waals surface area contributed by atoms with E-state index in [9.17, 15) is 0 Å². The molecule has 0 radical (unpaired) electrons. The molecule has 66 valence electrons. The molecule has 3 nitrogen and oxygen atoms in total. The Balaban J connectivity index is 3.54. The molecule has 0 amide bonds. The summed E-state index contributed by atoms with van der Waals surface area (Å²) in [6.45, 7) is 9.26. The summed E-state index contributed by atoms with van der Waals surface area (Å²) >= 11 is 0. The first-order valence-corrected chi connectivity index (χ1v) is 4.17. The summed E-state index contributed by atoms with van der Waals surface area (Å²) in [5.74, 6) is 0.371. The van der Waals surface area contributed by atoms with Crippen molar-refractivity contribution in [2.24, 2.45) is 0 Å². The van der Waals surface area contributed by atoms with Crippen molar-refractivity contribution < 1.29 is 4.74 Å². The standard InChI is InChI=1S/C8H18N2O/c1-4-10(5-2)7-8(9)11-6-3/h9H,4-7H2,1-3H3. The Labute approximate surface area is 68.9 Å². The molecular weight excluding hydrogens is 140 g/mol. The molecule has 1 N–H and O–H groups in total. The molecule has 0 aromatic rings. The SMILES string of the molecule is CCOC(=N)CN(CC)CC. The number of hydrogen-bond acceptors (Lipinski definition) is 3. The summed E-state index contributed by atoms with van der Waals surface area (Å²) < 4.78 is 5.02. The number of nitrogens with one attached hydrogen (secondary N) is 1. The van der Waals surface area contributed by atoms with Gasteiger partial charge >= 0.3 is 0 Å². The maximum atomic E-state index is 7.36. The third-order valence-corrected chi connectivity index (χ3v) is 1.58. The van der Waals surface area contributed by atoms with Crippen molar-refractivity contribution in [3.05, 3.63) is 0 Å². The highest BCUT2D eigenvalue weighted by atomic mass is 16.5. The van der Waals surface area contributed by atoms with Crippen molar-refractivity contribution in [2.75, 3.05) is 26.2 Å². The monoisotopic (exact) mass is 158 g/mol. The molecule has 0 heterocycles. The van der Waals surface area contributed by atoms with Gasteiger partial charge in [0.05, 0.1) is 13.2 Å². The normalized spacial score (nSPS) is 10.2. The Hall–Kier alpha value is -0.570. The van der Waals surface area contributed by atoms with E-state index in [1.54, 1.807) is 0 Å². The largest absolute Gasteiger partial charge is 0.481 e. The van der Waals surface area contributed by atoms with Crippen LogP contribution in [0.15, 0.2) is 0 Å². The minimum atomic E-state index is 0.371. The van der Waals surface area contributed by atoms with E-state index in [2.05, 4.69) is 18.7 Å². The molecule has 0 fully saturated rings. The lowest BCUT2D eigenvalue weighted by Gasteiger charge is -2.17. The first-order chi connectivity index (χ1) is 5.24. The van der Waals surface area contributed by atoms with Gasteiger partial charge in [0.25, 0.3) is 0 Å². The van der Waals surface area contributed by atoms with Crippen LogP contribution >= 0.6 is 0 Å². The van der Waals surface area contributed by atoms with E-state index in [1.165, 1.54) is 0 Å². The van der Waals surface area contributed by atoms with Crippen molar-refractivity contribution >= 4 is 5.90 Å². The van der Waals surface area contributed by atoms with Crippen molar-refractivity contribution in [3.8, 4) is 0 Å². The molecule has 0 aliphatic rings. The third-order valence-electron chi connectivity index (χ3n) is 1.58. The van der Waals surface area contributed by atoms with Crippen LogP contribution < -0.4 is 0 Å². The highest BCUT2D eigenvalue weighted by Crippen LogP contribution is 1.88. The molecule has 0 bridgehead atoms. The van der Waals surface area contributed by atoms with Gasteiger partial charge in [0, 0.05) is 0 Å². The van der Waals surface area contributed by atoms with Crippen LogP contribution in [0.1, 0.15) is 20.8 Å². The Morgan fingerprint density at radius 3 is 2.18 bits per heavy atom. The van der Waals surface area contributed by atoms with Gasteiger partial charge in [0.15, 0.2) is 5.90 Å². The average Bonchev–Trinajstić information content (AvgIpc) is 2.01. The van der Waals surface area contributed by atoms with Crippen LogP contribution in [0.2, 0.25) is 0 Å². The highest BCUT2D eigenvalue weighted by Gasteiger charge is 2.02. The molecule has 0 atom stereocenters. The van der Waals surface area contributed by atoms with Gasteiger partial charge in [0.2, 0.25) is 0 Å². The predicted molar refractivity (Wildman–Crippen MR) is 47.1 cm³/mol. The number of hydrogen-bond donors (Lipinski definition) is 1. The van der Waals surface area contributed by atoms with E-state index in [4.69, 9.17) is 10.1 Å². The smallest absolute Gasteiger partial charge is 0.194 e. The minimum Gasteiger partial charge on any atom is -0.481 e. The van der Waals surface area contributed by atoms with E-state index in [0.717, 1.165) is 13.1 Å². The van der Waals surface area contributed by atoms with Crippen molar-refractivity contribution in [1.29, 1.82) is 5.41 Å². The molecule has 0 unspecified atom stereocenters. The topological polar surface area (TPSA) is 36.3 Å². The zero-order chi connectivity index (χ0) is 8.69. The fraction of sp³-hybridized carbons (Fsp3) is 0.875. The summed E-state index contributed by atoms with van der Waals surface area (Å²) in [5.41, 5.74) is 0. The molecule has 0 spiro atoms. The third kappa shape index (κ3) is 4.79. The average molecular weight is 158 g/mol.